The Morgan fingerprint density at radius 1 is 0.971 bits per heavy atom. The van der Waals surface area contributed by atoms with Crippen molar-refractivity contribution in [1.29, 1.82) is 0 Å². The second-order valence-corrected chi connectivity index (χ2v) is 10.1. The SMILES string of the molecule is Cc1ccc(S(=O)(=O)NC(Cc2ccccc2)C(=O)Oc2ccc3c(C)cc(=O)oc3c2C)cc1. The van der Waals surface area contributed by atoms with Crippen LogP contribution in [0.5, 0.6) is 5.75 Å². The van der Waals surface area contributed by atoms with Crippen LogP contribution < -0.4 is 15.1 Å². The zero-order valence-corrected chi connectivity index (χ0v) is 20.4. The molecule has 1 heterocycles. The first kappa shape index (κ1) is 24.4. The molecule has 0 saturated carbocycles. The van der Waals surface area contributed by atoms with E-state index in [-0.39, 0.29) is 17.1 Å². The van der Waals surface area contributed by atoms with Crippen molar-refractivity contribution < 1.29 is 22.4 Å². The summed E-state index contributed by atoms with van der Waals surface area (Å²) in [4.78, 5) is 25.2. The monoisotopic (exact) mass is 491 g/mol. The van der Waals surface area contributed by atoms with Crippen molar-refractivity contribution in [3.63, 3.8) is 0 Å². The van der Waals surface area contributed by atoms with Crippen molar-refractivity contribution in [3.8, 4) is 5.75 Å². The van der Waals surface area contributed by atoms with Crippen LogP contribution in [0, 0.1) is 20.8 Å². The summed E-state index contributed by atoms with van der Waals surface area (Å²) in [6, 6.07) is 18.9. The van der Waals surface area contributed by atoms with Crippen molar-refractivity contribution in [2.24, 2.45) is 0 Å². The molecule has 4 rings (SSSR count). The minimum Gasteiger partial charge on any atom is -0.425 e. The Morgan fingerprint density at radius 3 is 2.34 bits per heavy atom. The van der Waals surface area contributed by atoms with Gasteiger partial charge in [-0.15, -0.1) is 0 Å². The molecule has 1 atom stereocenters. The molecule has 1 unspecified atom stereocenters. The fourth-order valence-corrected chi connectivity index (χ4v) is 4.97. The van der Waals surface area contributed by atoms with E-state index in [1.54, 1.807) is 50.2 Å². The Balaban J connectivity index is 1.67. The number of hydrogen-bond acceptors (Lipinski definition) is 6. The molecule has 0 aliphatic carbocycles. The highest BCUT2D eigenvalue weighted by molar-refractivity contribution is 7.89. The molecule has 35 heavy (non-hydrogen) atoms. The number of fused-ring (bicyclic) bond motifs is 1. The Hall–Kier alpha value is -3.75. The van der Waals surface area contributed by atoms with E-state index in [0.29, 0.717) is 11.1 Å². The quantitative estimate of drug-likeness (QED) is 0.236. The molecular formula is C27H25NO6S. The van der Waals surface area contributed by atoms with Gasteiger partial charge in [0.15, 0.2) is 0 Å². The Morgan fingerprint density at radius 2 is 1.66 bits per heavy atom. The standard InChI is InChI=1S/C27H25NO6S/c1-17-9-11-21(12-10-17)35(31,32)28-23(16-20-7-5-4-6-8-20)27(30)33-24-14-13-22-18(2)15-25(29)34-26(22)19(24)3/h4-15,23,28H,16H2,1-3H3. The number of carbonyl (C=O) groups is 1. The normalized spacial score (nSPS) is 12.4. The van der Waals surface area contributed by atoms with Crippen LogP contribution in [0.3, 0.4) is 0 Å². The molecule has 7 nitrogen and oxygen atoms in total. The van der Waals surface area contributed by atoms with Crippen molar-refractivity contribution in [2.45, 2.75) is 38.1 Å². The highest BCUT2D eigenvalue weighted by Crippen LogP contribution is 2.28. The summed E-state index contributed by atoms with van der Waals surface area (Å²) < 4.78 is 39.6. The number of benzene rings is 3. The second kappa shape index (κ2) is 9.85. The molecule has 0 spiro atoms. The van der Waals surface area contributed by atoms with Gasteiger partial charge in [0.25, 0.3) is 0 Å². The van der Waals surface area contributed by atoms with Crippen LogP contribution in [-0.2, 0) is 21.2 Å². The number of carbonyl (C=O) groups excluding carboxylic acids is 1. The zero-order chi connectivity index (χ0) is 25.2. The number of rotatable bonds is 7. The van der Waals surface area contributed by atoms with Crippen molar-refractivity contribution in [2.75, 3.05) is 0 Å². The van der Waals surface area contributed by atoms with Gasteiger partial charge in [-0.2, -0.15) is 4.72 Å². The topological polar surface area (TPSA) is 103 Å². The van der Waals surface area contributed by atoms with Crippen molar-refractivity contribution in [3.05, 3.63) is 105 Å². The van der Waals surface area contributed by atoms with Crippen LogP contribution in [-0.4, -0.2) is 20.4 Å². The number of ether oxygens (including phenoxy) is 1. The summed E-state index contributed by atoms with van der Waals surface area (Å²) >= 11 is 0. The molecule has 0 fully saturated rings. The third kappa shape index (κ3) is 5.50. The average Bonchev–Trinajstić information content (AvgIpc) is 2.81. The van der Waals surface area contributed by atoms with E-state index in [1.807, 2.05) is 25.1 Å². The molecule has 180 valence electrons. The highest BCUT2D eigenvalue weighted by atomic mass is 32.2. The molecule has 0 saturated heterocycles. The molecule has 1 aromatic heterocycles. The van der Waals surface area contributed by atoms with Crippen LogP contribution in [0.2, 0.25) is 0 Å². The maximum Gasteiger partial charge on any atom is 0.336 e. The molecule has 8 heteroatoms. The third-order valence-electron chi connectivity index (χ3n) is 5.72. The number of sulfonamides is 1. The van der Waals surface area contributed by atoms with Crippen LogP contribution in [0.4, 0.5) is 0 Å². The molecule has 4 aromatic rings. The van der Waals surface area contributed by atoms with E-state index in [0.717, 1.165) is 22.1 Å². The van der Waals surface area contributed by atoms with Gasteiger partial charge >= 0.3 is 11.6 Å². The summed E-state index contributed by atoms with van der Waals surface area (Å²) in [5.74, 6) is -0.592. The van der Waals surface area contributed by atoms with E-state index < -0.39 is 27.7 Å². The van der Waals surface area contributed by atoms with Gasteiger partial charge in [0.2, 0.25) is 10.0 Å². The van der Waals surface area contributed by atoms with Gasteiger partial charge in [0, 0.05) is 17.0 Å². The Kier molecular flexibility index (Phi) is 6.86. The van der Waals surface area contributed by atoms with Gasteiger partial charge in [-0.3, -0.25) is 0 Å². The van der Waals surface area contributed by atoms with E-state index in [9.17, 15) is 18.0 Å². The summed E-state index contributed by atoms with van der Waals surface area (Å²) in [6.07, 6.45) is 0.0889. The summed E-state index contributed by atoms with van der Waals surface area (Å²) in [5.41, 5.74) is 2.70. The van der Waals surface area contributed by atoms with Gasteiger partial charge in [-0.05, 0) is 62.6 Å². The van der Waals surface area contributed by atoms with Crippen LogP contribution in [0.25, 0.3) is 11.0 Å². The Labute approximate surface area is 203 Å². The van der Waals surface area contributed by atoms with Crippen molar-refractivity contribution >= 4 is 27.0 Å². The summed E-state index contributed by atoms with van der Waals surface area (Å²) in [7, 11) is -4.00. The highest BCUT2D eigenvalue weighted by Gasteiger charge is 2.28. The molecule has 0 aliphatic heterocycles. The lowest BCUT2D eigenvalue weighted by molar-refractivity contribution is -0.136. The lowest BCUT2D eigenvalue weighted by Crippen LogP contribution is -2.44. The molecule has 0 amide bonds. The Bertz CT molecular complexity index is 1540. The van der Waals surface area contributed by atoms with Gasteiger partial charge in [-0.1, -0.05) is 48.0 Å². The lowest BCUT2D eigenvalue weighted by atomic mass is 10.1. The minimum atomic E-state index is -4.00. The third-order valence-corrected chi connectivity index (χ3v) is 7.21. The second-order valence-electron chi connectivity index (χ2n) is 8.41. The first-order chi connectivity index (χ1) is 16.6. The summed E-state index contributed by atoms with van der Waals surface area (Å²) in [6.45, 7) is 5.32. The van der Waals surface area contributed by atoms with Gasteiger partial charge in [0.1, 0.15) is 17.4 Å². The van der Waals surface area contributed by atoms with Gasteiger partial charge in [0.05, 0.1) is 4.90 Å². The fourth-order valence-electron chi connectivity index (χ4n) is 3.79. The summed E-state index contributed by atoms with van der Waals surface area (Å²) in [5, 5.41) is 0.725. The molecule has 0 bridgehead atoms. The lowest BCUT2D eigenvalue weighted by Gasteiger charge is -2.19. The number of hydrogen-bond donors (Lipinski definition) is 1. The number of esters is 1. The maximum absolute atomic E-state index is 13.3. The average molecular weight is 492 g/mol. The van der Waals surface area contributed by atoms with E-state index in [1.165, 1.54) is 18.2 Å². The molecule has 1 N–H and O–H groups in total. The first-order valence-electron chi connectivity index (χ1n) is 11.0. The molecule has 0 aliphatic rings. The van der Waals surface area contributed by atoms with Gasteiger partial charge in [-0.25, -0.2) is 18.0 Å². The predicted molar refractivity (Wildman–Crippen MR) is 133 cm³/mol. The van der Waals surface area contributed by atoms with Gasteiger partial charge < -0.3 is 9.15 Å². The van der Waals surface area contributed by atoms with E-state index >= 15 is 0 Å². The largest absolute Gasteiger partial charge is 0.425 e. The number of aryl methyl sites for hydroxylation is 3. The predicted octanol–water partition coefficient (Wildman–Crippen LogP) is 4.21. The number of nitrogens with one attached hydrogen (secondary N) is 1. The van der Waals surface area contributed by atoms with E-state index in [4.69, 9.17) is 9.15 Å². The fraction of sp³-hybridized carbons (Fsp3) is 0.185. The van der Waals surface area contributed by atoms with Crippen LogP contribution >= 0.6 is 0 Å². The maximum atomic E-state index is 13.3. The van der Waals surface area contributed by atoms with Crippen molar-refractivity contribution in [1.82, 2.24) is 4.72 Å². The van der Waals surface area contributed by atoms with Crippen LogP contribution in [0.1, 0.15) is 22.3 Å². The molecule has 0 radical (unpaired) electrons. The zero-order valence-electron chi connectivity index (χ0n) is 19.6. The van der Waals surface area contributed by atoms with E-state index in [2.05, 4.69) is 4.72 Å². The minimum absolute atomic E-state index is 0.0492. The smallest absolute Gasteiger partial charge is 0.336 e. The van der Waals surface area contributed by atoms with Crippen LogP contribution in [0.15, 0.2) is 86.9 Å². The molecule has 3 aromatic carbocycles. The molecular weight excluding hydrogens is 466 g/mol. The first-order valence-corrected chi connectivity index (χ1v) is 12.5.